The molecular formula is C16H22BFNO3. The molecule has 1 aromatic carbocycles. The summed E-state index contributed by atoms with van der Waals surface area (Å²) in [6.07, 6.45) is 1.000. The molecule has 0 aromatic heterocycles. The van der Waals surface area contributed by atoms with E-state index in [-0.39, 0.29) is 11.4 Å². The Kier molecular flexibility index (Phi) is 4.63. The third kappa shape index (κ3) is 3.50. The number of hydrogen-bond acceptors (Lipinski definition) is 3. The number of hydrogen-bond donors (Lipinski definition) is 1. The largest absolute Gasteiger partial charge is 0.427 e. The Morgan fingerprint density at radius 3 is 2.41 bits per heavy atom. The molecule has 4 nitrogen and oxygen atoms in total. The normalized spacial score (nSPS) is 15.5. The van der Waals surface area contributed by atoms with Crippen molar-refractivity contribution in [3.05, 3.63) is 29.6 Å². The second-order valence-corrected chi connectivity index (χ2v) is 6.69. The van der Waals surface area contributed by atoms with Gasteiger partial charge in [-0.1, -0.05) is 6.07 Å². The molecule has 1 saturated heterocycles. The molecular weight excluding hydrogens is 284 g/mol. The van der Waals surface area contributed by atoms with E-state index in [4.69, 9.17) is 4.65 Å². The van der Waals surface area contributed by atoms with Gasteiger partial charge in [-0.15, -0.1) is 0 Å². The number of carbonyl (C=O) groups excluding carboxylic acids is 1. The van der Waals surface area contributed by atoms with E-state index in [1.165, 1.54) is 19.6 Å². The minimum atomic E-state index is -1.08. The summed E-state index contributed by atoms with van der Waals surface area (Å²) in [7, 11) is 1.28. The smallest absolute Gasteiger partial charge is 0.333 e. The van der Waals surface area contributed by atoms with Crippen LogP contribution in [-0.4, -0.2) is 47.7 Å². The van der Waals surface area contributed by atoms with Gasteiger partial charge in [0.1, 0.15) is 5.82 Å². The Morgan fingerprint density at radius 1 is 1.32 bits per heavy atom. The van der Waals surface area contributed by atoms with Crippen LogP contribution in [0.3, 0.4) is 0 Å². The van der Waals surface area contributed by atoms with Gasteiger partial charge in [-0.3, -0.25) is 4.79 Å². The highest BCUT2D eigenvalue weighted by Crippen LogP contribution is 2.24. The Labute approximate surface area is 131 Å². The summed E-state index contributed by atoms with van der Waals surface area (Å²) < 4.78 is 19.7. The molecule has 0 bridgehead atoms. The summed E-state index contributed by atoms with van der Waals surface area (Å²) in [4.78, 5) is 13.7. The molecule has 2 rings (SSSR count). The average Bonchev–Trinajstić information content (AvgIpc) is 2.33. The molecule has 1 amide bonds. The van der Waals surface area contributed by atoms with Crippen LogP contribution in [0.5, 0.6) is 0 Å². The summed E-state index contributed by atoms with van der Waals surface area (Å²) in [5, 5.41) is 10.0. The lowest BCUT2D eigenvalue weighted by molar-refractivity contribution is -0.0893. The molecule has 1 aromatic rings. The number of rotatable bonds is 5. The van der Waals surface area contributed by atoms with Gasteiger partial charge in [-0.05, 0) is 51.7 Å². The van der Waals surface area contributed by atoms with Crippen LogP contribution in [0, 0.1) is 5.82 Å². The van der Waals surface area contributed by atoms with E-state index in [0.717, 1.165) is 19.5 Å². The predicted molar refractivity (Wildman–Crippen MR) is 83.8 cm³/mol. The van der Waals surface area contributed by atoms with Crippen molar-refractivity contribution < 1.29 is 18.9 Å². The van der Waals surface area contributed by atoms with Crippen molar-refractivity contribution in [3.63, 3.8) is 0 Å². The van der Waals surface area contributed by atoms with Crippen LogP contribution < -0.4 is 5.46 Å². The highest BCUT2D eigenvalue weighted by Gasteiger charge is 2.36. The first-order valence-corrected chi connectivity index (χ1v) is 7.44. The molecule has 0 aliphatic carbocycles. The van der Waals surface area contributed by atoms with Crippen molar-refractivity contribution in [1.82, 2.24) is 4.90 Å². The van der Waals surface area contributed by atoms with Crippen molar-refractivity contribution >= 4 is 18.9 Å². The number of amides is 1. The maximum Gasteiger partial charge on any atom is 0.333 e. The second-order valence-electron chi connectivity index (χ2n) is 6.69. The zero-order valence-electron chi connectivity index (χ0n) is 13.5. The van der Waals surface area contributed by atoms with E-state index in [9.17, 15) is 14.3 Å². The molecule has 1 heterocycles. The van der Waals surface area contributed by atoms with Crippen molar-refractivity contribution in [2.24, 2.45) is 0 Å². The lowest BCUT2D eigenvalue weighted by atomic mass is 9.82. The van der Waals surface area contributed by atoms with Gasteiger partial charge in [0, 0.05) is 18.7 Å². The van der Waals surface area contributed by atoms with Crippen LogP contribution in [0.4, 0.5) is 4.39 Å². The maximum atomic E-state index is 14.1. The van der Waals surface area contributed by atoms with Crippen molar-refractivity contribution in [2.75, 3.05) is 13.1 Å². The Balaban J connectivity index is 2.05. The highest BCUT2D eigenvalue weighted by atomic mass is 19.1. The third-order valence-corrected chi connectivity index (χ3v) is 4.34. The molecule has 0 spiro atoms. The predicted octanol–water partition coefficient (Wildman–Crippen LogP) is 1.48. The first kappa shape index (κ1) is 17.0. The van der Waals surface area contributed by atoms with Crippen LogP contribution >= 0.6 is 0 Å². The number of aliphatic hydroxyl groups is 1. The first-order valence-electron chi connectivity index (χ1n) is 7.44. The monoisotopic (exact) mass is 306 g/mol. The molecule has 22 heavy (non-hydrogen) atoms. The highest BCUT2D eigenvalue weighted by molar-refractivity contribution is 6.47. The van der Waals surface area contributed by atoms with E-state index in [0.29, 0.717) is 5.56 Å². The fourth-order valence-electron chi connectivity index (χ4n) is 1.81. The SMILES string of the molecule is CC(C)(O)C(C)(C)O[B]c1ccc(C(=O)N2CCC2)cc1F. The molecule has 0 atom stereocenters. The van der Waals surface area contributed by atoms with Crippen LogP contribution in [0.15, 0.2) is 18.2 Å². The molecule has 1 aliphatic heterocycles. The topological polar surface area (TPSA) is 49.8 Å². The van der Waals surface area contributed by atoms with Crippen molar-refractivity contribution in [2.45, 2.75) is 45.3 Å². The van der Waals surface area contributed by atoms with Crippen LogP contribution in [0.2, 0.25) is 0 Å². The molecule has 0 saturated carbocycles. The third-order valence-electron chi connectivity index (χ3n) is 4.34. The van der Waals surface area contributed by atoms with Gasteiger partial charge >= 0.3 is 7.48 Å². The molecule has 1 radical (unpaired) electrons. The fourth-order valence-corrected chi connectivity index (χ4v) is 1.81. The number of nitrogens with zero attached hydrogens (tertiary/aromatic N) is 1. The molecule has 6 heteroatoms. The maximum absolute atomic E-state index is 14.1. The van der Waals surface area contributed by atoms with Gasteiger partial charge in [-0.25, -0.2) is 4.39 Å². The lowest BCUT2D eigenvalue weighted by Crippen LogP contribution is -2.49. The van der Waals surface area contributed by atoms with Gasteiger partial charge in [0.15, 0.2) is 0 Å². The zero-order valence-corrected chi connectivity index (χ0v) is 13.5. The molecule has 1 fully saturated rings. The van der Waals surface area contributed by atoms with Gasteiger partial charge < -0.3 is 14.7 Å². The van der Waals surface area contributed by atoms with E-state index < -0.39 is 17.0 Å². The number of benzene rings is 1. The van der Waals surface area contributed by atoms with Crippen LogP contribution in [-0.2, 0) is 4.65 Å². The van der Waals surface area contributed by atoms with Gasteiger partial charge in [0.05, 0.1) is 11.2 Å². The number of likely N-dealkylation sites (tertiary alicyclic amines) is 1. The van der Waals surface area contributed by atoms with Gasteiger partial charge in [-0.2, -0.15) is 0 Å². The standard InChI is InChI=1S/C16H22BFNO3/c1-15(2,21)16(3,4)22-17-12-7-6-11(10-13(12)18)14(20)19-8-5-9-19/h6-7,10,21H,5,8-9H2,1-4H3. The van der Waals surface area contributed by atoms with Crippen molar-refractivity contribution in [3.8, 4) is 0 Å². The van der Waals surface area contributed by atoms with Crippen LogP contribution in [0.1, 0.15) is 44.5 Å². The van der Waals surface area contributed by atoms with E-state index in [1.54, 1.807) is 38.7 Å². The first-order chi connectivity index (χ1) is 10.1. The molecule has 119 valence electrons. The van der Waals surface area contributed by atoms with Crippen LogP contribution in [0.25, 0.3) is 0 Å². The van der Waals surface area contributed by atoms with Crippen molar-refractivity contribution in [1.29, 1.82) is 0 Å². The Morgan fingerprint density at radius 2 is 1.95 bits per heavy atom. The minimum Gasteiger partial charge on any atom is -0.427 e. The Bertz CT molecular complexity index is 565. The lowest BCUT2D eigenvalue weighted by Gasteiger charge is -2.37. The van der Waals surface area contributed by atoms with Gasteiger partial charge in [0.25, 0.3) is 5.91 Å². The van der Waals surface area contributed by atoms with E-state index in [2.05, 4.69) is 0 Å². The fraction of sp³-hybridized carbons (Fsp3) is 0.562. The zero-order chi connectivity index (χ0) is 16.5. The minimum absolute atomic E-state index is 0.144. The second kappa shape index (κ2) is 6.01. The van der Waals surface area contributed by atoms with E-state index >= 15 is 0 Å². The van der Waals surface area contributed by atoms with E-state index in [1.807, 2.05) is 0 Å². The summed E-state index contributed by atoms with van der Waals surface area (Å²) in [5.41, 5.74) is -1.35. The summed E-state index contributed by atoms with van der Waals surface area (Å²) in [6.45, 7) is 8.18. The number of carbonyl (C=O) groups is 1. The van der Waals surface area contributed by atoms with Gasteiger partial charge in [0.2, 0.25) is 0 Å². The molecule has 1 N–H and O–H groups in total. The molecule has 1 aliphatic rings. The number of halogens is 1. The Hall–Kier alpha value is -1.40. The summed E-state index contributed by atoms with van der Waals surface area (Å²) in [5.74, 6) is -0.660. The summed E-state index contributed by atoms with van der Waals surface area (Å²) in [6, 6.07) is 4.34. The summed E-state index contributed by atoms with van der Waals surface area (Å²) >= 11 is 0. The average molecular weight is 306 g/mol. The molecule has 0 unspecified atom stereocenters. The quantitative estimate of drug-likeness (QED) is 0.838.